The van der Waals surface area contributed by atoms with Gasteiger partial charge in [-0.25, -0.2) is 4.79 Å². The summed E-state index contributed by atoms with van der Waals surface area (Å²) in [6.45, 7) is 8.83. The van der Waals surface area contributed by atoms with Crippen molar-refractivity contribution in [1.82, 2.24) is 14.7 Å². The molecule has 0 N–H and O–H groups in total. The molecule has 2 aliphatic rings. The molecule has 6 heteroatoms. The molecule has 138 valence electrons. The summed E-state index contributed by atoms with van der Waals surface area (Å²) in [5, 5.41) is 0. The molecule has 6 nitrogen and oxygen atoms in total. The highest BCUT2D eigenvalue weighted by Gasteiger charge is 2.34. The SMILES string of the molecule is CN1CCC(N(C)C(=O)C2CCCN(C(=O)OC(C)(C)C)C2)CC1. The van der Waals surface area contributed by atoms with Crippen molar-refractivity contribution < 1.29 is 14.3 Å². The molecule has 2 fully saturated rings. The molecule has 1 unspecified atom stereocenters. The molecular formula is C18H33N3O3. The summed E-state index contributed by atoms with van der Waals surface area (Å²) < 4.78 is 5.45. The van der Waals surface area contributed by atoms with E-state index in [-0.39, 0.29) is 17.9 Å². The van der Waals surface area contributed by atoms with Crippen LogP contribution in [-0.2, 0) is 9.53 Å². The Balaban J connectivity index is 1.91. The molecule has 1 atom stereocenters. The van der Waals surface area contributed by atoms with Crippen molar-refractivity contribution in [3.8, 4) is 0 Å². The van der Waals surface area contributed by atoms with Crippen molar-refractivity contribution in [2.45, 2.75) is 58.1 Å². The molecule has 0 aromatic carbocycles. The van der Waals surface area contributed by atoms with E-state index in [2.05, 4.69) is 11.9 Å². The van der Waals surface area contributed by atoms with Crippen molar-refractivity contribution in [2.75, 3.05) is 40.3 Å². The molecule has 0 spiro atoms. The Kier molecular flexibility index (Phi) is 6.12. The summed E-state index contributed by atoms with van der Waals surface area (Å²) >= 11 is 0. The molecule has 0 bridgehead atoms. The molecular weight excluding hydrogens is 306 g/mol. The number of rotatable bonds is 2. The zero-order chi connectivity index (χ0) is 17.9. The third-order valence-electron chi connectivity index (χ3n) is 5.01. The Hall–Kier alpha value is -1.30. The van der Waals surface area contributed by atoms with Crippen molar-refractivity contribution >= 4 is 12.0 Å². The Labute approximate surface area is 146 Å². The number of ether oxygens (including phenoxy) is 1. The van der Waals surface area contributed by atoms with E-state index in [1.807, 2.05) is 32.7 Å². The van der Waals surface area contributed by atoms with Crippen LogP contribution < -0.4 is 0 Å². The van der Waals surface area contributed by atoms with Gasteiger partial charge in [0.2, 0.25) is 5.91 Å². The summed E-state index contributed by atoms with van der Waals surface area (Å²) in [5.74, 6) is 0.0775. The van der Waals surface area contributed by atoms with Gasteiger partial charge in [-0.05, 0) is 66.6 Å². The first-order valence-electron chi connectivity index (χ1n) is 9.10. The van der Waals surface area contributed by atoms with Gasteiger partial charge < -0.3 is 19.4 Å². The number of hydrogen-bond acceptors (Lipinski definition) is 4. The lowest BCUT2D eigenvalue weighted by Gasteiger charge is -2.39. The standard InChI is InChI=1S/C18H33N3O3/c1-18(2,3)24-17(23)21-10-6-7-14(13-21)16(22)20(5)15-8-11-19(4)12-9-15/h14-15H,6-13H2,1-5H3. The van der Waals surface area contributed by atoms with Gasteiger partial charge in [0.25, 0.3) is 0 Å². The monoisotopic (exact) mass is 339 g/mol. The fourth-order valence-electron chi connectivity index (χ4n) is 3.52. The normalized spacial score (nSPS) is 23.9. The number of carbonyl (C=O) groups excluding carboxylic acids is 2. The maximum Gasteiger partial charge on any atom is 0.410 e. The maximum absolute atomic E-state index is 12.9. The van der Waals surface area contributed by atoms with E-state index in [1.54, 1.807) is 4.90 Å². The second-order valence-electron chi connectivity index (χ2n) is 8.25. The lowest BCUT2D eigenvalue weighted by Crippen LogP contribution is -2.51. The average molecular weight is 339 g/mol. The summed E-state index contributed by atoms with van der Waals surface area (Å²) in [7, 11) is 4.04. The van der Waals surface area contributed by atoms with Crippen LogP contribution in [0.2, 0.25) is 0 Å². The van der Waals surface area contributed by atoms with E-state index in [1.165, 1.54) is 0 Å². The second-order valence-corrected chi connectivity index (χ2v) is 8.25. The third kappa shape index (κ3) is 5.10. The van der Waals surface area contributed by atoms with Gasteiger partial charge in [0.1, 0.15) is 5.60 Å². The average Bonchev–Trinajstić information content (AvgIpc) is 2.53. The minimum Gasteiger partial charge on any atom is -0.444 e. The van der Waals surface area contributed by atoms with E-state index in [0.717, 1.165) is 38.8 Å². The van der Waals surface area contributed by atoms with Crippen LogP contribution in [0.15, 0.2) is 0 Å². The Morgan fingerprint density at radius 1 is 1.08 bits per heavy atom. The molecule has 2 saturated heterocycles. The molecule has 2 amide bonds. The first-order chi connectivity index (χ1) is 11.2. The zero-order valence-corrected chi connectivity index (χ0v) is 15.9. The van der Waals surface area contributed by atoms with E-state index in [0.29, 0.717) is 19.1 Å². The topological polar surface area (TPSA) is 53.1 Å². The van der Waals surface area contributed by atoms with Gasteiger partial charge in [-0.15, -0.1) is 0 Å². The van der Waals surface area contributed by atoms with Crippen LogP contribution in [0.3, 0.4) is 0 Å². The second kappa shape index (κ2) is 7.72. The van der Waals surface area contributed by atoms with Crippen molar-refractivity contribution in [3.63, 3.8) is 0 Å². The number of piperidine rings is 2. The van der Waals surface area contributed by atoms with Crippen molar-refractivity contribution in [2.24, 2.45) is 5.92 Å². The van der Waals surface area contributed by atoms with E-state index >= 15 is 0 Å². The molecule has 0 aliphatic carbocycles. The third-order valence-corrected chi connectivity index (χ3v) is 5.01. The van der Waals surface area contributed by atoms with Crippen molar-refractivity contribution in [3.05, 3.63) is 0 Å². The predicted molar refractivity (Wildman–Crippen MR) is 93.8 cm³/mol. The van der Waals surface area contributed by atoms with Gasteiger partial charge in [0.05, 0.1) is 5.92 Å². The molecule has 2 rings (SSSR count). The molecule has 2 aliphatic heterocycles. The minimum absolute atomic E-state index is 0.101. The van der Waals surface area contributed by atoms with E-state index in [4.69, 9.17) is 4.74 Å². The Morgan fingerprint density at radius 2 is 1.71 bits per heavy atom. The molecule has 2 heterocycles. The number of nitrogens with zero attached hydrogens (tertiary/aromatic N) is 3. The number of carbonyl (C=O) groups is 2. The van der Waals surface area contributed by atoms with Gasteiger partial charge in [0.15, 0.2) is 0 Å². The van der Waals surface area contributed by atoms with Gasteiger partial charge in [0, 0.05) is 26.2 Å². The Morgan fingerprint density at radius 3 is 2.29 bits per heavy atom. The quantitative estimate of drug-likeness (QED) is 0.774. The summed E-state index contributed by atoms with van der Waals surface area (Å²) in [6.07, 6.45) is 3.47. The fraction of sp³-hybridized carbons (Fsp3) is 0.889. The maximum atomic E-state index is 12.9. The molecule has 0 aromatic rings. The highest BCUT2D eigenvalue weighted by Crippen LogP contribution is 2.23. The predicted octanol–water partition coefficient (Wildman–Crippen LogP) is 2.19. The highest BCUT2D eigenvalue weighted by atomic mass is 16.6. The fourth-order valence-corrected chi connectivity index (χ4v) is 3.52. The smallest absolute Gasteiger partial charge is 0.410 e. The van der Waals surface area contributed by atoms with Crippen LogP contribution in [0.1, 0.15) is 46.5 Å². The summed E-state index contributed by atoms with van der Waals surface area (Å²) in [4.78, 5) is 31.1. The van der Waals surface area contributed by atoms with E-state index in [9.17, 15) is 9.59 Å². The van der Waals surface area contributed by atoms with Gasteiger partial charge in [-0.2, -0.15) is 0 Å². The first-order valence-corrected chi connectivity index (χ1v) is 9.10. The van der Waals surface area contributed by atoms with Crippen LogP contribution in [0.5, 0.6) is 0 Å². The Bertz CT molecular complexity index is 453. The molecule has 0 radical (unpaired) electrons. The van der Waals surface area contributed by atoms with Crippen LogP contribution in [-0.4, -0.2) is 78.6 Å². The van der Waals surface area contributed by atoms with Gasteiger partial charge >= 0.3 is 6.09 Å². The number of likely N-dealkylation sites (tertiary alicyclic amines) is 2. The summed E-state index contributed by atoms with van der Waals surface area (Å²) in [5.41, 5.74) is -0.501. The number of hydrogen-bond donors (Lipinski definition) is 0. The molecule has 24 heavy (non-hydrogen) atoms. The molecule has 0 saturated carbocycles. The van der Waals surface area contributed by atoms with Gasteiger partial charge in [-0.3, -0.25) is 4.79 Å². The largest absolute Gasteiger partial charge is 0.444 e. The van der Waals surface area contributed by atoms with Gasteiger partial charge in [-0.1, -0.05) is 0 Å². The number of amides is 2. The van der Waals surface area contributed by atoms with E-state index < -0.39 is 5.60 Å². The zero-order valence-electron chi connectivity index (χ0n) is 15.9. The lowest BCUT2D eigenvalue weighted by atomic mass is 9.95. The van der Waals surface area contributed by atoms with Crippen LogP contribution in [0.4, 0.5) is 4.79 Å². The van der Waals surface area contributed by atoms with Crippen LogP contribution in [0.25, 0.3) is 0 Å². The minimum atomic E-state index is -0.501. The highest BCUT2D eigenvalue weighted by molar-refractivity contribution is 5.80. The molecule has 0 aromatic heterocycles. The van der Waals surface area contributed by atoms with Crippen LogP contribution in [0, 0.1) is 5.92 Å². The lowest BCUT2D eigenvalue weighted by molar-refractivity contribution is -0.138. The first kappa shape index (κ1) is 19.0. The van der Waals surface area contributed by atoms with Crippen molar-refractivity contribution in [1.29, 1.82) is 0 Å². The van der Waals surface area contributed by atoms with Crippen LogP contribution >= 0.6 is 0 Å². The summed E-state index contributed by atoms with van der Waals surface area (Å²) in [6, 6.07) is 0.325.